The van der Waals surface area contributed by atoms with Gasteiger partial charge >= 0.3 is 0 Å². The first kappa shape index (κ1) is 30.2. The lowest BCUT2D eigenvalue weighted by atomic mass is 10.2. The molecule has 0 aliphatic carbocycles. The molecule has 0 heterocycles. The van der Waals surface area contributed by atoms with Crippen molar-refractivity contribution in [3.63, 3.8) is 0 Å². The SMILES string of the molecule is BrCc1c(Br)c(Br)c(CBr)c(Br)c1Br.BrCc1c(Br)c(Br)c(CBr)c(Br)c1Br. The predicted octanol–water partition coefficient (Wildman–Crippen LogP) is 13.1. The molecule has 0 saturated carbocycles. The summed E-state index contributed by atoms with van der Waals surface area (Å²) in [6.45, 7) is 0. The summed E-state index contributed by atoms with van der Waals surface area (Å²) in [5.74, 6) is 0. The highest BCUT2D eigenvalue weighted by Crippen LogP contribution is 2.44. The second-order valence-electron chi connectivity index (χ2n) is 4.96. The van der Waals surface area contributed by atoms with Gasteiger partial charge in [0.1, 0.15) is 0 Å². The molecule has 0 aliphatic rings. The van der Waals surface area contributed by atoms with Crippen molar-refractivity contribution in [2.24, 2.45) is 0 Å². The van der Waals surface area contributed by atoms with Crippen molar-refractivity contribution in [3.05, 3.63) is 58.0 Å². The molecule has 0 atom stereocenters. The van der Waals surface area contributed by atoms with Crippen LogP contribution in [-0.4, -0.2) is 0 Å². The third-order valence-electron chi connectivity index (χ3n) is 3.42. The van der Waals surface area contributed by atoms with Gasteiger partial charge in [0, 0.05) is 57.1 Å². The number of halogens is 12. The van der Waals surface area contributed by atoms with Crippen LogP contribution in [0.1, 0.15) is 22.3 Å². The lowest BCUT2D eigenvalue weighted by molar-refractivity contribution is 1.25. The van der Waals surface area contributed by atoms with Gasteiger partial charge in [0.05, 0.1) is 0 Å². The van der Waals surface area contributed by atoms with Gasteiger partial charge < -0.3 is 0 Å². The van der Waals surface area contributed by atoms with Crippen molar-refractivity contribution in [1.29, 1.82) is 0 Å². The van der Waals surface area contributed by atoms with E-state index >= 15 is 0 Å². The first-order valence-corrected chi connectivity index (χ1v) is 17.8. The number of hydrogen-bond acceptors (Lipinski definition) is 0. The van der Waals surface area contributed by atoms with Gasteiger partial charge in [-0.15, -0.1) is 0 Å². The maximum absolute atomic E-state index is 3.57. The molecule has 0 bridgehead atoms. The topological polar surface area (TPSA) is 0 Å². The first-order chi connectivity index (χ1) is 13.1. The zero-order valence-corrected chi connectivity index (χ0v) is 32.4. The molecule has 0 fully saturated rings. The number of alkyl halides is 4. The van der Waals surface area contributed by atoms with Gasteiger partial charge in [-0.05, 0) is 150 Å². The average Bonchev–Trinajstić information content (AvgIpc) is 2.67. The number of hydrogen-bond donors (Lipinski definition) is 0. The summed E-state index contributed by atoms with van der Waals surface area (Å²) in [5.41, 5.74) is 4.75. The highest BCUT2D eigenvalue weighted by molar-refractivity contribution is 9.15. The Balaban J connectivity index is 0.000000280. The van der Waals surface area contributed by atoms with Gasteiger partial charge in [0.15, 0.2) is 0 Å². The number of rotatable bonds is 4. The van der Waals surface area contributed by atoms with Crippen LogP contribution in [0, 0.1) is 0 Å². The third kappa shape index (κ3) is 7.11. The summed E-state index contributed by atoms with van der Waals surface area (Å²) < 4.78 is 8.66. The van der Waals surface area contributed by atoms with Crippen LogP contribution in [-0.2, 0) is 21.3 Å². The molecule has 12 heteroatoms. The molecule has 2 aromatic rings. The van der Waals surface area contributed by atoms with Crippen molar-refractivity contribution in [2.75, 3.05) is 0 Å². The van der Waals surface area contributed by atoms with E-state index in [2.05, 4.69) is 191 Å². The van der Waals surface area contributed by atoms with Crippen molar-refractivity contribution >= 4 is 191 Å². The van der Waals surface area contributed by atoms with E-state index in [9.17, 15) is 0 Å². The van der Waals surface area contributed by atoms with Gasteiger partial charge in [-0.25, -0.2) is 0 Å². The minimum atomic E-state index is 0.800. The molecule has 0 radical (unpaired) electrons. The Labute approximate surface area is 265 Å². The lowest BCUT2D eigenvalue weighted by Gasteiger charge is -2.13. The molecule has 0 spiro atoms. The Morgan fingerprint density at radius 2 is 0.393 bits per heavy atom. The first-order valence-electron chi connectivity index (χ1n) is 7.00. The van der Waals surface area contributed by atoms with E-state index in [0.29, 0.717) is 0 Å². The molecule has 0 aliphatic heterocycles. The fourth-order valence-electron chi connectivity index (χ4n) is 1.91. The van der Waals surface area contributed by atoms with Crippen LogP contribution in [0.2, 0.25) is 0 Å². The maximum Gasteiger partial charge on any atom is 0.0373 e. The van der Waals surface area contributed by atoms with Crippen LogP contribution in [0.4, 0.5) is 0 Å². The Morgan fingerprint density at radius 1 is 0.286 bits per heavy atom. The minimum Gasteiger partial charge on any atom is -0.0875 e. The highest BCUT2D eigenvalue weighted by atomic mass is 79.9. The van der Waals surface area contributed by atoms with Crippen LogP contribution < -0.4 is 0 Å². The molecular formula is C16H8Br12. The molecule has 156 valence electrons. The molecule has 0 saturated heterocycles. The van der Waals surface area contributed by atoms with Gasteiger partial charge in [0.2, 0.25) is 0 Å². The van der Waals surface area contributed by atoms with E-state index in [1.54, 1.807) is 0 Å². The average molecular weight is 1160 g/mol. The Kier molecular flexibility index (Phi) is 15.7. The van der Waals surface area contributed by atoms with Gasteiger partial charge in [-0.3, -0.25) is 0 Å². The van der Waals surface area contributed by atoms with E-state index < -0.39 is 0 Å². The molecule has 0 unspecified atom stereocenters. The molecule has 2 rings (SSSR count). The van der Waals surface area contributed by atoms with Crippen LogP contribution in [0.3, 0.4) is 0 Å². The lowest BCUT2D eigenvalue weighted by Crippen LogP contribution is -1.93. The predicted molar refractivity (Wildman–Crippen MR) is 165 cm³/mol. The van der Waals surface area contributed by atoms with E-state index in [4.69, 9.17) is 0 Å². The van der Waals surface area contributed by atoms with E-state index in [1.165, 1.54) is 22.3 Å². The summed E-state index contributed by atoms with van der Waals surface area (Å²) in [7, 11) is 0. The summed E-state index contributed by atoms with van der Waals surface area (Å²) >= 11 is 42.4. The third-order valence-corrected chi connectivity index (χ3v) is 14.8. The van der Waals surface area contributed by atoms with Crippen LogP contribution in [0.15, 0.2) is 35.8 Å². The molecule has 0 aromatic heterocycles. The zero-order valence-electron chi connectivity index (χ0n) is 13.4. The van der Waals surface area contributed by atoms with Gasteiger partial charge in [-0.2, -0.15) is 0 Å². The molecule has 0 N–H and O–H groups in total. The summed E-state index contributed by atoms with van der Waals surface area (Å²) in [5, 5.41) is 3.20. The van der Waals surface area contributed by atoms with Crippen molar-refractivity contribution < 1.29 is 0 Å². The standard InChI is InChI=1S/2C8H4Br6/c2*9-1-3-5(11)7(13)4(2-10)8(14)6(3)12/h2*1-2H2. The number of benzene rings is 2. The molecule has 0 amide bonds. The second-order valence-corrected chi connectivity index (χ2v) is 13.5. The summed E-state index contributed by atoms with van der Waals surface area (Å²) in [4.78, 5) is 0. The highest BCUT2D eigenvalue weighted by Gasteiger charge is 2.18. The second kappa shape index (κ2) is 14.6. The zero-order chi connectivity index (χ0) is 21.8. The fourth-order valence-corrected chi connectivity index (χ4v) is 12.9. The van der Waals surface area contributed by atoms with E-state index in [0.717, 1.165) is 57.1 Å². The van der Waals surface area contributed by atoms with Gasteiger partial charge in [0.25, 0.3) is 0 Å². The Morgan fingerprint density at radius 3 is 0.464 bits per heavy atom. The fraction of sp³-hybridized carbons (Fsp3) is 0.250. The van der Waals surface area contributed by atoms with E-state index in [1.807, 2.05) is 0 Å². The molecule has 28 heavy (non-hydrogen) atoms. The van der Waals surface area contributed by atoms with Crippen molar-refractivity contribution in [1.82, 2.24) is 0 Å². The Bertz CT molecular complexity index is 662. The normalized spacial score (nSPS) is 10.7. The van der Waals surface area contributed by atoms with Crippen LogP contribution in [0.5, 0.6) is 0 Å². The minimum absolute atomic E-state index is 0.800. The van der Waals surface area contributed by atoms with Crippen molar-refractivity contribution in [2.45, 2.75) is 21.3 Å². The smallest absolute Gasteiger partial charge is 0.0373 e. The molecular weight excluding hydrogens is 1150 g/mol. The quantitative estimate of drug-likeness (QED) is 0.211. The van der Waals surface area contributed by atoms with Crippen LogP contribution in [0.25, 0.3) is 0 Å². The summed E-state index contributed by atoms with van der Waals surface area (Å²) in [6, 6.07) is 0. The Hall–Kier alpha value is 4.20. The monoisotopic (exact) mass is 1150 g/mol. The van der Waals surface area contributed by atoms with E-state index in [-0.39, 0.29) is 0 Å². The largest absolute Gasteiger partial charge is 0.0875 e. The maximum atomic E-state index is 3.57. The van der Waals surface area contributed by atoms with Gasteiger partial charge in [-0.1, -0.05) is 63.7 Å². The summed E-state index contributed by atoms with van der Waals surface area (Å²) in [6.07, 6.45) is 0. The molecule has 2 aromatic carbocycles. The van der Waals surface area contributed by atoms with Crippen LogP contribution >= 0.6 is 191 Å². The van der Waals surface area contributed by atoms with Crippen molar-refractivity contribution in [3.8, 4) is 0 Å². The molecule has 0 nitrogen and oxygen atoms in total.